The van der Waals surface area contributed by atoms with E-state index in [1.165, 1.54) is 5.56 Å². The molecular formula is C27H28N4O3. The number of hydrogen-bond donors (Lipinski definition) is 0. The Bertz CT molecular complexity index is 1220. The molecule has 1 aliphatic heterocycles. The fourth-order valence-electron chi connectivity index (χ4n) is 4.73. The van der Waals surface area contributed by atoms with Gasteiger partial charge in [0.05, 0.1) is 38.7 Å². The maximum atomic E-state index is 13.4. The smallest absolute Gasteiger partial charge is 0.247 e. The van der Waals surface area contributed by atoms with E-state index in [0.717, 1.165) is 36.2 Å². The second-order valence-electron chi connectivity index (χ2n) is 8.66. The number of hydrogen-bond acceptors (Lipinski definition) is 5. The summed E-state index contributed by atoms with van der Waals surface area (Å²) in [5.41, 5.74) is 4.10. The SMILES string of the molecule is COc1ccc(C2=NN(Cc3ccc(Cn4ccnc4)cc3)C(=O)C3CC=CCC23)cc1OC. The van der Waals surface area contributed by atoms with Gasteiger partial charge in [-0.05, 0) is 42.2 Å². The lowest BCUT2D eigenvalue weighted by atomic mass is 9.76. The maximum absolute atomic E-state index is 13.4. The third kappa shape index (κ3) is 4.33. The van der Waals surface area contributed by atoms with Crippen LogP contribution in [0.3, 0.4) is 0 Å². The van der Waals surface area contributed by atoms with E-state index < -0.39 is 0 Å². The molecule has 0 fully saturated rings. The second kappa shape index (κ2) is 9.55. The van der Waals surface area contributed by atoms with Crippen LogP contribution in [0, 0.1) is 11.8 Å². The Morgan fingerprint density at radius 3 is 2.29 bits per heavy atom. The first-order valence-corrected chi connectivity index (χ1v) is 11.5. The summed E-state index contributed by atoms with van der Waals surface area (Å²) in [5, 5.41) is 6.52. The predicted octanol–water partition coefficient (Wildman–Crippen LogP) is 4.28. The number of benzene rings is 2. The van der Waals surface area contributed by atoms with Crippen LogP contribution in [0.5, 0.6) is 11.5 Å². The predicted molar refractivity (Wildman–Crippen MR) is 130 cm³/mol. The quantitative estimate of drug-likeness (QED) is 0.498. The van der Waals surface area contributed by atoms with Crippen molar-refractivity contribution in [1.29, 1.82) is 0 Å². The van der Waals surface area contributed by atoms with E-state index >= 15 is 0 Å². The van der Waals surface area contributed by atoms with Crippen LogP contribution in [0.1, 0.15) is 29.5 Å². The molecule has 1 aliphatic carbocycles. The number of imidazole rings is 1. The lowest BCUT2D eigenvalue weighted by Crippen LogP contribution is -2.45. The second-order valence-corrected chi connectivity index (χ2v) is 8.66. The van der Waals surface area contributed by atoms with Gasteiger partial charge in [-0.3, -0.25) is 4.79 Å². The number of carbonyl (C=O) groups excluding carboxylic acids is 1. The van der Waals surface area contributed by atoms with Gasteiger partial charge in [0.1, 0.15) is 0 Å². The fraction of sp³-hybridized carbons (Fsp3) is 0.296. The Balaban J connectivity index is 1.43. The van der Waals surface area contributed by atoms with Crippen molar-refractivity contribution in [2.24, 2.45) is 16.9 Å². The lowest BCUT2D eigenvalue weighted by molar-refractivity contribution is -0.138. The third-order valence-corrected chi connectivity index (χ3v) is 6.54. The Labute approximate surface area is 199 Å². The molecule has 5 rings (SSSR count). The molecule has 3 aromatic rings. The van der Waals surface area contributed by atoms with Crippen molar-refractivity contribution in [3.05, 3.63) is 90.0 Å². The van der Waals surface area contributed by atoms with E-state index in [-0.39, 0.29) is 17.7 Å². The number of rotatable bonds is 7. The number of allylic oxidation sites excluding steroid dienone is 2. The zero-order valence-electron chi connectivity index (χ0n) is 19.4. The van der Waals surface area contributed by atoms with Crippen LogP contribution in [0.2, 0.25) is 0 Å². The molecule has 7 nitrogen and oxygen atoms in total. The molecule has 0 saturated heterocycles. The summed E-state index contributed by atoms with van der Waals surface area (Å²) >= 11 is 0. The standard InChI is InChI=1S/C27H28N4O3/c1-33-24-12-11-21(15-25(24)34-2)26-22-5-3-4-6-23(22)27(32)31(29-26)17-20-9-7-19(8-10-20)16-30-14-13-28-18-30/h3-4,7-15,18,22-23H,5-6,16-17H2,1-2H3. The minimum absolute atomic E-state index is 0.0596. The molecule has 1 aromatic heterocycles. The van der Waals surface area contributed by atoms with Crippen molar-refractivity contribution in [2.75, 3.05) is 14.2 Å². The van der Waals surface area contributed by atoms with Crippen molar-refractivity contribution < 1.29 is 14.3 Å². The molecular weight excluding hydrogens is 428 g/mol. The Kier molecular flexibility index (Phi) is 6.16. The largest absolute Gasteiger partial charge is 0.493 e. The van der Waals surface area contributed by atoms with Crippen molar-refractivity contribution >= 4 is 11.6 Å². The fourth-order valence-corrected chi connectivity index (χ4v) is 4.73. The van der Waals surface area contributed by atoms with Crippen LogP contribution in [0.15, 0.2) is 78.4 Å². The lowest BCUT2D eigenvalue weighted by Gasteiger charge is -2.37. The topological polar surface area (TPSA) is 69.0 Å². The van der Waals surface area contributed by atoms with E-state index in [1.54, 1.807) is 31.8 Å². The van der Waals surface area contributed by atoms with Crippen molar-refractivity contribution in [2.45, 2.75) is 25.9 Å². The first-order valence-electron chi connectivity index (χ1n) is 11.5. The number of nitrogens with zero attached hydrogens (tertiary/aromatic N) is 4. The van der Waals surface area contributed by atoms with Crippen molar-refractivity contribution in [3.8, 4) is 11.5 Å². The molecule has 2 aliphatic rings. The van der Waals surface area contributed by atoms with Crippen molar-refractivity contribution in [3.63, 3.8) is 0 Å². The highest BCUT2D eigenvalue weighted by atomic mass is 16.5. The molecule has 0 bridgehead atoms. The van der Waals surface area contributed by atoms with Crippen LogP contribution in [0.4, 0.5) is 0 Å². The molecule has 0 N–H and O–H groups in total. The van der Waals surface area contributed by atoms with Crippen molar-refractivity contribution in [1.82, 2.24) is 14.6 Å². The van der Waals surface area contributed by atoms with Crippen LogP contribution in [-0.2, 0) is 17.9 Å². The van der Waals surface area contributed by atoms with Gasteiger partial charge < -0.3 is 14.0 Å². The first-order chi connectivity index (χ1) is 16.7. The average Bonchev–Trinajstić information content (AvgIpc) is 3.39. The van der Waals surface area contributed by atoms with E-state index in [0.29, 0.717) is 18.0 Å². The number of fused-ring (bicyclic) bond motifs is 1. The Morgan fingerprint density at radius 2 is 1.62 bits per heavy atom. The molecule has 2 unspecified atom stereocenters. The van der Waals surface area contributed by atoms with Gasteiger partial charge in [0.2, 0.25) is 5.91 Å². The van der Waals surface area contributed by atoms with Gasteiger partial charge in [-0.1, -0.05) is 36.4 Å². The van der Waals surface area contributed by atoms with E-state index in [9.17, 15) is 4.79 Å². The molecule has 1 amide bonds. The number of ether oxygens (including phenoxy) is 2. The van der Waals surface area contributed by atoms with E-state index in [1.807, 2.05) is 29.0 Å². The number of carbonyl (C=O) groups is 1. The van der Waals surface area contributed by atoms with Gasteiger partial charge in [0, 0.05) is 30.4 Å². The first kappa shape index (κ1) is 21.9. The third-order valence-electron chi connectivity index (χ3n) is 6.54. The summed E-state index contributed by atoms with van der Waals surface area (Å²) in [4.78, 5) is 17.5. The van der Waals surface area contributed by atoms with Crippen LogP contribution >= 0.6 is 0 Å². The number of methoxy groups -OCH3 is 2. The van der Waals surface area contributed by atoms with Gasteiger partial charge in [0.25, 0.3) is 0 Å². The summed E-state index contributed by atoms with van der Waals surface area (Å²) in [7, 11) is 3.25. The normalized spacial score (nSPS) is 19.5. The highest BCUT2D eigenvalue weighted by molar-refractivity contribution is 6.07. The van der Waals surface area contributed by atoms with Crippen LogP contribution in [0.25, 0.3) is 0 Å². The summed E-state index contributed by atoms with van der Waals surface area (Å²) in [6.45, 7) is 1.20. The Hall–Kier alpha value is -3.87. The molecule has 34 heavy (non-hydrogen) atoms. The monoisotopic (exact) mass is 456 g/mol. The highest BCUT2D eigenvalue weighted by Gasteiger charge is 2.40. The zero-order chi connectivity index (χ0) is 23.5. The molecule has 0 spiro atoms. The van der Waals surface area contributed by atoms with Gasteiger partial charge in [-0.2, -0.15) is 5.10 Å². The minimum Gasteiger partial charge on any atom is -0.493 e. The summed E-state index contributed by atoms with van der Waals surface area (Å²) < 4.78 is 12.9. The molecule has 0 saturated carbocycles. The average molecular weight is 457 g/mol. The van der Waals surface area contributed by atoms with E-state index in [4.69, 9.17) is 14.6 Å². The number of amides is 1. The molecule has 2 heterocycles. The van der Waals surface area contributed by atoms with Gasteiger partial charge >= 0.3 is 0 Å². The van der Waals surface area contributed by atoms with Gasteiger partial charge in [-0.15, -0.1) is 0 Å². The molecule has 2 atom stereocenters. The summed E-state index contributed by atoms with van der Waals surface area (Å²) in [5.74, 6) is 1.37. The van der Waals surface area contributed by atoms with Crippen LogP contribution < -0.4 is 9.47 Å². The van der Waals surface area contributed by atoms with Gasteiger partial charge in [0.15, 0.2) is 11.5 Å². The maximum Gasteiger partial charge on any atom is 0.247 e. The molecule has 174 valence electrons. The zero-order valence-corrected chi connectivity index (χ0v) is 19.4. The molecule has 0 radical (unpaired) electrons. The van der Waals surface area contributed by atoms with Gasteiger partial charge in [-0.25, -0.2) is 9.99 Å². The summed E-state index contributed by atoms with van der Waals surface area (Å²) in [6, 6.07) is 14.2. The number of aromatic nitrogens is 2. The highest BCUT2D eigenvalue weighted by Crippen LogP contribution is 2.37. The molecule has 2 aromatic carbocycles. The summed E-state index contributed by atoms with van der Waals surface area (Å²) in [6.07, 6.45) is 11.3. The number of hydrazone groups is 1. The van der Waals surface area contributed by atoms with Crippen LogP contribution in [-0.4, -0.2) is 40.4 Å². The minimum atomic E-state index is -0.105. The molecule has 7 heteroatoms. The van der Waals surface area contributed by atoms with E-state index in [2.05, 4.69) is 41.4 Å². The Morgan fingerprint density at radius 1 is 0.912 bits per heavy atom.